The van der Waals surface area contributed by atoms with Crippen LogP contribution in [-0.4, -0.2) is 40.8 Å². The van der Waals surface area contributed by atoms with Crippen LogP contribution in [0.15, 0.2) is 46.0 Å². The van der Waals surface area contributed by atoms with Crippen LogP contribution in [0.5, 0.6) is 0 Å². The molecular formula is C20H22ClN5O3. The molecule has 152 valence electrons. The number of benzene rings is 1. The molecule has 9 heteroatoms. The van der Waals surface area contributed by atoms with Gasteiger partial charge >= 0.3 is 0 Å². The largest absolute Gasteiger partial charge is 0.384 e. The van der Waals surface area contributed by atoms with Gasteiger partial charge in [0.05, 0.1) is 11.9 Å². The second kappa shape index (κ2) is 9.49. The van der Waals surface area contributed by atoms with Crippen molar-refractivity contribution in [2.75, 3.05) is 13.7 Å². The van der Waals surface area contributed by atoms with Gasteiger partial charge in [0.2, 0.25) is 0 Å². The second-order valence-corrected chi connectivity index (χ2v) is 7.16. The Morgan fingerprint density at radius 2 is 2.14 bits per heavy atom. The molecule has 0 aliphatic rings. The van der Waals surface area contributed by atoms with Gasteiger partial charge in [0, 0.05) is 31.2 Å². The van der Waals surface area contributed by atoms with Crippen molar-refractivity contribution in [2.24, 2.45) is 10.9 Å². The van der Waals surface area contributed by atoms with Crippen LogP contribution in [0.25, 0.3) is 11.3 Å². The molecule has 3 rings (SSSR count). The molecule has 0 aliphatic heterocycles. The van der Waals surface area contributed by atoms with E-state index in [0.29, 0.717) is 41.0 Å². The Morgan fingerprint density at radius 1 is 1.38 bits per heavy atom. The number of hydrogen-bond acceptors (Lipinski definition) is 6. The zero-order valence-corrected chi connectivity index (χ0v) is 17.2. The molecule has 0 saturated carbocycles. The molecule has 0 unspecified atom stereocenters. The highest BCUT2D eigenvalue weighted by molar-refractivity contribution is 6.30. The van der Waals surface area contributed by atoms with Gasteiger partial charge in [-0.1, -0.05) is 35.8 Å². The maximum absolute atomic E-state index is 12.6. The fourth-order valence-corrected chi connectivity index (χ4v) is 2.92. The Labute approximate surface area is 173 Å². The third-order valence-corrected chi connectivity index (χ3v) is 4.47. The van der Waals surface area contributed by atoms with Gasteiger partial charge in [-0.3, -0.25) is 9.89 Å². The van der Waals surface area contributed by atoms with Crippen molar-refractivity contribution in [2.45, 2.75) is 20.3 Å². The third kappa shape index (κ3) is 5.52. The zero-order chi connectivity index (χ0) is 20.8. The summed E-state index contributed by atoms with van der Waals surface area (Å²) in [5.74, 6) is 1.20. The molecule has 0 radical (unpaired) electrons. The molecule has 0 bridgehead atoms. The molecule has 0 spiro atoms. The summed E-state index contributed by atoms with van der Waals surface area (Å²) in [4.78, 5) is 17.1. The number of amides is 1. The molecule has 1 aromatic carbocycles. The molecule has 2 heterocycles. The number of hydrogen-bond donors (Lipinski definition) is 2. The highest BCUT2D eigenvalue weighted by Gasteiger charge is 2.17. The van der Waals surface area contributed by atoms with Gasteiger partial charge in [-0.2, -0.15) is 5.10 Å². The standard InChI is InChI=1S/C20H22ClN5O3/c1-12(11-28-3)8-18(24-20(27)16-10-22-29-13(16)2)23-19-9-17(25-26-19)14-4-6-15(21)7-5-14/h4-7,9-10,12H,8,11H2,1-3H3,(H2,23,24,25,26,27)/t12-/m1/s1. The number of aryl methyl sites for hydroxylation is 1. The minimum atomic E-state index is -0.333. The van der Waals surface area contributed by atoms with E-state index in [2.05, 4.69) is 25.7 Å². The van der Waals surface area contributed by atoms with Crippen LogP contribution >= 0.6 is 11.6 Å². The lowest BCUT2D eigenvalue weighted by atomic mass is 10.1. The molecular weight excluding hydrogens is 394 g/mol. The number of carbonyl (C=O) groups excluding carboxylic acids is 1. The average Bonchev–Trinajstić information content (AvgIpc) is 3.31. The van der Waals surface area contributed by atoms with Gasteiger partial charge in [-0.25, -0.2) is 4.99 Å². The summed E-state index contributed by atoms with van der Waals surface area (Å²) < 4.78 is 10.2. The van der Waals surface area contributed by atoms with Gasteiger partial charge in [0.1, 0.15) is 17.2 Å². The SMILES string of the molecule is COC[C@H](C)CC(=Nc1cc(-c2ccc(Cl)cc2)[nH]n1)NC(=O)c1cnoc1C. The number of nitrogens with one attached hydrogen (secondary N) is 2. The molecule has 2 N–H and O–H groups in total. The van der Waals surface area contributed by atoms with Crippen LogP contribution in [0.3, 0.4) is 0 Å². The summed E-state index contributed by atoms with van der Waals surface area (Å²) in [7, 11) is 1.64. The normalized spacial score (nSPS) is 12.8. The van der Waals surface area contributed by atoms with E-state index in [1.54, 1.807) is 32.2 Å². The smallest absolute Gasteiger partial charge is 0.261 e. The van der Waals surface area contributed by atoms with Gasteiger partial charge in [-0.15, -0.1) is 0 Å². The third-order valence-electron chi connectivity index (χ3n) is 4.22. The zero-order valence-electron chi connectivity index (χ0n) is 16.4. The topological polar surface area (TPSA) is 105 Å². The van der Waals surface area contributed by atoms with Crippen molar-refractivity contribution in [3.63, 3.8) is 0 Å². The number of rotatable bonds is 7. The minimum absolute atomic E-state index is 0.150. The first-order valence-corrected chi connectivity index (χ1v) is 9.44. The van der Waals surface area contributed by atoms with E-state index in [-0.39, 0.29) is 11.8 Å². The average molecular weight is 416 g/mol. The van der Waals surface area contributed by atoms with Gasteiger partial charge < -0.3 is 14.6 Å². The summed E-state index contributed by atoms with van der Waals surface area (Å²) in [6, 6.07) is 9.20. The number of ether oxygens (including phenoxy) is 1. The predicted octanol–water partition coefficient (Wildman–Crippen LogP) is 4.16. The van der Waals surface area contributed by atoms with E-state index < -0.39 is 0 Å². The van der Waals surface area contributed by atoms with E-state index in [1.165, 1.54) is 6.20 Å². The molecule has 0 aliphatic carbocycles. The first kappa shape index (κ1) is 20.8. The first-order chi connectivity index (χ1) is 14.0. The molecule has 3 aromatic rings. The molecule has 0 saturated heterocycles. The number of nitrogens with zero attached hydrogens (tertiary/aromatic N) is 3. The number of aromatic nitrogens is 3. The maximum atomic E-state index is 12.6. The Kier molecular flexibility index (Phi) is 6.79. The van der Waals surface area contributed by atoms with Crippen LogP contribution in [-0.2, 0) is 4.74 Å². The lowest BCUT2D eigenvalue weighted by Crippen LogP contribution is -2.32. The number of carbonyl (C=O) groups is 1. The number of H-pyrrole nitrogens is 1. The number of amidine groups is 1. The van der Waals surface area contributed by atoms with Crippen molar-refractivity contribution in [3.05, 3.63) is 52.9 Å². The van der Waals surface area contributed by atoms with Crippen molar-refractivity contribution in [3.8, 4) is 11.3 Å². The molecule has 29 heavy (non-hydrogen) atoms. The lowest BCUT2D eigenvalue weighted by molar-refractivity contribution is 0.0973. The summed E-state index contributed by atoms with van der Waals surface area (Å²) >= 11 is 5.94. The van der Waals surface area contributed by atoms with E-state index in [1.807, 2.05) is 19.1 Å². The number of aliphatic imine (C=N–C) groups is 1. The van der Waals surface area contributed by atoms with Crippen molar-refractivity contribution in [1.82, 2.24) is 20.7 Å². The van der Waals surface area contributed by atoms with Crippen LogP contribution in [0.2, 0.25) is 5.02 Å². The highest BCUT2D eigenvalue weighted by atomic mass is 35.5. The number of aromatic amines is 1. The molecule has 8 nitrogen and oxygen atoms in total. The Balaban J connectivity index is 1.83. The van der Waals surface area contributed by atoms with Crippen LogP contribution in [0, 0.1) is 12.8 Å². The predicted molar refractivity (Wildman–Crippen MR) is 110 cm³/mol. The lowest BCUT2D eigenvalue weighted by Gasteiger charge is -2.13. The molecule has 1 amide bonds. The first-order valence-electron chi connectivity index (χ1n) is 9.06. The van der Waals surface area contributed by atoms with E-state index >= 15 is 0 Å². The van der Waals surface area contributed by atoms with Crippen molar-refractivity contribution < 1.29 is 14.1 Å². The fourth-order valence-electron chi connectivity index (χ4n) is 2.80. The maximum Gasteiger partial charge on any atom is 0.261 e. The van der Waals surface area contributed by atoms with E-state index in [0.717, 1.165) is 11.3 Å². The monoisotopic (exact) mass is 415 g/mol. The summed E-state index contributed by atoms with van der Waals surface area (Å²) in [6.45, 7) is 4.23. The van der Waals surface area contributed by atoms with Crippen LogP contribution in [0.1, 0.15) is 29.5 Å². The summed E-state index contributed by atoms with van der Waals surface area (Å²) in [6.07, 6.45) is 1.89. The molecule has 1 atom stereocenters. The van der Waals surface area contributed by atoms with E-state index in [9.17, 15) is 4.79 Å². The summed E-state index contributed by atoms with van der Waals surface area (Å²) in [5, 5.41) is 14.3. The Morgan fingerprint density at radius 3 is 2.79 bits per heavy atom. The Bertz CT molecular complexity index is 994. The quantitative estimate of drug-likeness (QED) is 0.445. The van der Waals surface area contributed by atoms with Crippen LogP contribution in [0.4, 0.5) is 5.82 Å². The fraction of sp³-hybridized carbons (Fsp3) is 0.300. The summed E-state index contributed by atoms with van der Waals surface area (Å²) in [5.41, 5.74) is 2.09. The van der Waals surface area contributed by atoms with Crippen molar-refractivity contribution in [1.29, 1.82) is 0 Å². The van der Waals surface area contributed by atoms with Gasteiger partial charge in [0.15, 0.2) is 5.82 Å². The van der Waals surface area contributed by atoms with Crippen molar-refractivity contribution >= 4 is 29.2 Å². The number of methoxy groups -OCH3 is 1. The highest BCUT2D eigenvalue weighted by Crippen LogP contribution is 2.23. The van der Waals surface area contributed by atoms with E-state index in [4.69, 9.17) is 20.9 Å². The molecule has 2 aromatic heterocycles. The number of halogens is 1. The Hall–Kier alpha value is -2.97. The molecule has 0 fully saturated rings. The minimum Gasteiger partial charge on any atom is -0.384 e. The van der Waals surface area contributed by atoms with Crippen LogP contribution < -0.4 is 5.32 Å². The van der Waals surface area contributed by atoms with Gasteiger partial charge in [0.25, 0.3) is 5.91 Å². The van der Waals surface area contributed by atoms with Gasteiger partial charge in [-0.05, 0) is 30.5 Å². The second-order valence-electron chi connectivity index (χ2n) is 6.72.